The van der Waals surface area contributed by atoms with Crippen LogP contribution in [0, 0.1) is 11.3 Å². The Morgan fingerprint density at radius 2 is 1.91 bits per heavy atom. The first kappa shape index (κ1) is 24.3. The van der Waals surface area contributed by atoms with Crippen molar-refractivity contribution in [2.45, 2.75) is 89.2 Å². The van der Waals surface area contributed by atoms with Gasteiger partial charge >= 0.3 is 0 Å². The van der Waals surface area contributed by atoms with E-state index in [-0.39, 0.29) is 23.4 Å². The molecule has 1 N–H and O–H groups in total. The number of ether oxygens (including phenoxy) is 1. The summed E-state index contributed by atoms with van der Waals surface area (Å²) in [6.07, 6.45) is 14.0. The van der Waals surface area contributed by atoms with Crippen LogP contribution in [0.15, 0.2) is 29.3 Å². The second kappa shape index (κ2) is 9.92. The predicted molar refractivity (Wildman–Crippen MR) is 135 cm³/mol. The second-order valence-corrected chi connectivity index (χ2v) is 11.2. The van der Waals surface area contributed by atoms with E-state index in [1.165, 1.54) is 32.1 Å². The first-order valence-electron chi connectivity index (χ1n) is 13.5. The molecule has 3 fully saturated rings. The smallest absolute Gasteiger partial charge is 0.261 e. The summed E-state index contributed by atoms with van der Waals surface area (Å²) in [4.78, 5) is 32.9. The van der Waals surface area contributed by atoms with Crippen LogP contribution in [-0.2, 0) is 11.3 Å². The molecule has 2 aliphatic carbocycles. The second-order valence-electron chi connectivity index (χ2n) is 11.2. The van der Waals surface area contributed by atoms with Gasteiger partial charge in [-0.05, 0) is 43.7 Å². The van der Waals surface area contributed by atoms with E-state index in [1.54, 1.807) is 36.2 Å². The Morgan fingerprint density at radius 1 is 1.14 bits per heavy atom. The molecular weight excluding hydrogens is 442 g/mol. The lowest BCUT2D eigenvalue weighted by atomic mass is 9.65. The highest BCUT2D eigenvalue weighted by molar-refractivity contribution is 5.79. The number of hydrogen-bond donors (Lipinski definition) is 1. The van der Waals surface area contributed by atoms with Gasteiger partial charge in [-0.2, -0.15) is 0 Å². The van der Waals surface area contributed by atoms with Crippen LogP contribution in [0.25, 0.3) is 10.9 Å². The van der Waals surface area contributed by atoms with Crippen LogP contribution in [0.5, 0.6) is 5.75 Å². The minimum atomic E-state index is -1.03. The number of aliphatic hydroxyl groups is 1. The van der Waals surface area contributed by atoms with Crippen LogP contribution in [-0.4, -0.2) is 51.3 Å². The van der Waals surface area contributed by atoms with Gasteiger partial charge in [0.05, 0.1) is 36.5 Å². The Hall–Kier alpha value is -2.41. The van der Waals surface area contributed by atoms with Crippen molar-refractivity contribution in [2.75, 3.05) is 20.2 Å². The normalized spacial score (nSPS) is 24.8. The first-order chi connectivity index (χ1) is 16.9. The number of likely N-dealkylation sites (tertiary alicyclic amines) is 1. The van der Waals surface area contributed by atoms with Gasteiger partial charge in [0.2, 0.25) is 5.91 Å². The van der Waals surface area contributed by atoms with Gasteiger partial charge in [0.15, 0.2) is 0 Å². The molecule has 1 unspecified atom stereocenters. The summed E-state index contributed by atoms with van der Waals surface area (Å²) in [5.74, 6) is 1.59. The van der Waals surface area contributed by atoms with Crippen LogP contribution < -0.4 is 10.3 Å². The quantitative estimate of drug-likeness (QED) is 0.665. The summed E-state index contributed by atoms with van der Waals surface area (Å²) >= 11 is 0. The molecule has 1 saturated heterocycles. The molecule has 7 nitrogen and oxygen atoms in total. The van der Waals surface area contributed by atoms with Gasteiger partial charge in [-0.1, -0.05) is 44.9 Å². The average Bonchev–Trinajstić information content (AvgIpc) is 3.36. The van der Waals surface area contributed by atoms with E-state index < -0.39 is 5.60 Å². The maximum atomic E-state index is 13.3. The van der Waals surface area contributed by atoms with Crippen molar-refractivity contribution in [3.63, 3.8) is 0 Å². The number of nitrogens with zero attached hydrogens (tertiary/aromatic N) is 3. The molecule has 2 saturated carbocycles. The molecule has 1 amide bonds. The maximum Gasteiger partial charge on any atom is 0.261 e. The van der Waals surface area contributed by atoms with Crippen molar-refractivity contribution in [3.05, 3.63) is 34.9 Å². The summed E-state index contributed by atoms with van der Waals surface area (Å²) < 4.78 is 6.82. The predicted octanol–water partition coefficient (Wildman–Crippen LogP) is 4.29. The van der Waals surface area contributed by atoms with Crippen molar-refractivity contribution in [2.24, 2.45) is 11.3 Å². The lowest BCUT2D eigenvalue weighted by Crippen LogP contribution is -2.62. The van der Waals surface area contributed by atoms with Gasteiger partial charge in [0, 0.05) is 31.0 Å². The molecule has 190 valence electrons. The maximum absolute atomic E-state index is 13.3. The first-order valence-corrected chi connectivity index (χ1v) is 13.5. The molecule has 1 aromatic carbocycles. The number of aromatic nitrogens is 2. The van der Waals surface area contributed by atoms with Crippen molar-refractivity contribution < 1.29 is 14.6 Å². The van der Waals surface area contributed by atoms with Gasteiger partial charge in [-0.25, -0.2) is 4.98 Å². The number of amides is 1. The molecule has 1 atom stereocenters. The van der Waals surface area contributed by atoms with Crippen LogP contribution >= 0.6 is 0 Å². The number of hydrogen-bond acceptors (Lipinski definition) is 5. The summed E-state index contributed by atoms with van der Waals surface area (Å²) in [5, 5.41) is 12.6. The molecule has 2 heterocycles. The van der Waals surface area contributed by atoms with Crippen molar-refractivity contribution in [1.82, 2.24) is 14.5 Å². The van der Waals surface area contributed by atoms with Crippen LogP contribution in [0.3, 0.4) is 0 Å². The van der Waals surface area contributed by atoms with Gasteiger partial charge in [-0.15, -0.1) is 0 Å². The highest BCUT2D eigenvalue weighted by Gasteiger charge is 2.55. The number of carbonyl (C=O) groups excluding carboxylic acids is 1. The van der Waals surface area contributed by atoms with Gasteiger partial charge in [-0.3, -0.25) is 14.2 Å². The summed E-state index contributed by atoms with van der Waals surface area (Å²) in [7, 11) is 1.59. The average molecular weight is 482 g/mol. The fourth-order valence-corrected chi connectivity index (χ4v) is 6.93. The lowest BCUT2D eigenvalue weighted by molar-refractivity contribution is -0.160. The van der Waals surface area contributed by atoms with Gasteiger partial charge in [0.25, 0.3) is 5.56 Å². The zero-order valence-corrected chi connectivity index (χ0v) is 21.0. The minimum Gasteiger partial charge on any atom is -0.497 e. The number of rotatable bonds is 6. The molecule has 35 heavy (non-hydrogen) atoms. The van der Waals surface area contributed by atoms with Gasteiger partial charge < -0.3 is 14.7 Å². The molecule has 1 aliphatic heterocycles. The Bertz CT molecular complexity index is 1120. The number of benzene rings is 1. The monoisotopic (exact) mass is 481 g/mol. The molecular formula is C28H39N3O4. The van der Waals surface area contributed by atoms with Gasteiger partial charge in [0.1, 0.15) is 5.75 Å². The summed E-state index contributed by atoms with van der Waals surface area (Å²) in [6, 6.07) is 5.26. The number of piperidine rings is 1. The van der Waals surface area contributed by atoms with E-state index in [1.807, 2.05) is 4.90 Å². The third kappa shape index (κ3) is 4.72. The standard InChI is InChI=1S/C28H39N3O4/c1-35-22-10-11-23-24(17-22)29-20-31(26(23)33)19-28(34)15-16-30(18-27(28)13-5-6-14-27)25(32)12-9-21-7-3-2-4-8-21/h10-11,17,20-21,34H,2-9,12-16,18-19H2,1H3. The van der Waals surface area contributed by atoms with Crippen LogP contribution in [0.4, 0.5) is 0 Å². The van der Waals surface area contributed by atoms with E-state index in [0.29, 0.717) is 48.5 Å². The number of carbonyl (C=O) groups is 1. The van der Waals surface area contributed by atoms with E-state index in [4.69, 9.17) is 4.74 Å². The van der Waals surface area contributed by atoms with Crippen molar-refractivity contribution in [3.8, 4) is 5.75 Å². The SMILES string of the molecule is COc1ccc2c(=O)n(CC3(O)CCN(C(=O)CCC4CCCCC4)CC34CCCC4)cnc2c1. The van der Waals surface area contributed by atoms with Crippen molar-refractivity contribution in [1.29, 1.82) is 0 Å². The Morgan fingerprint density at radius 3 is 2.66 bits per heavy atom. The third-order valence-electron chi connectivity index (χ3n) is 9.14. The highest BCUT2D eigenvalue weighted by atomic mass is 16.5. The Labute approximate surface area is 207 Å². The third-order valence-corrected chi connectivity index (χ3v) is 9.14. The Balaban J connectivity index is 1.33. The topological polar surface area (TPSA) is 84.7 Å². The molecule has 1 spiro atoms. The zero-order chi connectivity index (χ0) is 24.5. The minimum absolute atomic E-state index is 0.148. The molecule has 0 bridgehead atoms. The summed E-state index contributed by atoms with van der Waals surface area (Å²) in [5.41, 5.74) is -0.952. The Kier molecular flexibility index (Phi) is 6.88. The van der Waals surface area contributed by atoms with E-state index in [2.05, 4.69) is 4.98 Å². The lowest BCUT2D eigenvalue weighted by Gasteiger charge is -2.52. The molecule has 5 rings (SSSR count). The molecule has 0 radical (unpaired) electrons. The largest absolute Gasteiger partial charge is 0.497 e. The zero-order valence-electron chi connectivity index (χ0n) is 21.0. The van der Waals surface area contributed by atoms with Crippen LogP contribution in [0.2, 0.25) is 0 Å². The number of methoxy groups -OCH3 is 1. The highest BCUT2D eigenvalue weighted by Crippen LogP contribution is 2.51. The number of fused-ring (bicyclic) bond motifs is 1. The molecule has 1 aromatic heterocycles. The summed E-state index contributed by atoms with van der Waals surface area (Å²) in [6.45, 7) is 1.36. The van der Waals surface area contributed by atoms with E-state index >= 15 is 0 Å². The molecule has 2 aromatic rings. The van der Waals surface area contributed by atoms with E-state index in [0.717, 1.165) is 32.1 Å². The molecule has 3 aliphatic rings. The fraction of sp³-hybridized carbons (Fsp3) is 0.679. The van der Waals surface area contributed by atoms with Crippen molar-refractivity contribution >= 4 is 16.8 Å². The van der Waals surface area contributed by atoms with Crippen LogP contribution in [0.1, 0.15) is 77.0 Å². The molecule has 7 heteroatoms. The van der Waals surface area contributed by atoms with E-state index in [9.17, 15) is 14.7 Å². The fourth-order valence-electron chi connectivity index (χ4n) is 6.93.